The SMILES string of the molecule is Cc1cccc2c3cccc(C)c3n(B3c4ccccc4-n4c5ccccc5c5ccc(C(C)(C)C)c3c54)c12. The molecule has 0 saturated heterocycles. The number of aromatic nitrogens is 2. The fraction of sp³-hybridized carbons (Fsp3) is 0.167. The molecule has 7 aromatic rings. The first-order valence-corrected chi connectivity index (χ1v) is 14.0. The van der Waals surface area contributed by atoms with E-state index in [0.29, 0.717) is 0 Å². The summed E-state index contributed by atoms with van der Waals surface area (Å²) in [6.07, 6.45) is 0. The highest BCUT2D eigenvalue weighted by Crippen LogP contribution is 2.39. The smallest absolute Gasteiger partial charge is 0.332 e. The highest BCUT2D eigenvalue weighted by Gasteiger charge is 2.39. The Balaban J connectivity index is 1.67. The third-order valence-corrected chi connectivity index (χ3v) is 8.94. The van der Waals surface area contributed by atoms with E-state index >= 15 is 0 Å². The van der Waals surface area contributed by atoms with Crippen molar-refractivity contribution in [3.8, 4) is 5.69 Å². The van der Waals surface area contributed by atoms with Gasteiger partial charge < -0.3 is 9.05 Å². The van der Waals surface area contributed by atoms with Gasteiger partial charge in [-0.05, 0) is 59.0 Å². The van der Waals surface area contributed by atoms with Crippen LogP contribution >= 0.6 is 0 Å². The Kier molecular flexibility index (Phi) is 4.47. The second-order valence-electron chi connectivity index (χ2n) is 12.3. The van der Waals surface area contributed by atoms with Gasteiger partial charge in [0.05, 0.1) is 11.0 Å². The zero-order chi connectivity index (χ0) is 26.6. The summed E-state index contributed by atoms with van der Waals surface area (Å²) in [5.41, 5.74) is 13.4. The summed E-state index contributed by atoms with van der Waals surface area (Å²) in [6, 6.07) is 36.3. The molecular weight excluding hydrogens is 471 g/mol. The molecule has 0 radical (unpaired) electrons. The van der Waals surface area contributed by atoms with E-state index in [9.17, 15) is 0 Å². The van der Waals surface area contributed by atoms with Gasteiger partial charge in [-0.1, -0.05) is 106 Å². The third kappa shape index (κ3) is 2.88. The van der Waals surface area contributed by atoms with Crippen LogP contribution in [0.2, 0.25) is 0 Å². The first-order valence-electron chi connectivity index (χ1n) is 14.0. The fourth-order valence-corrected chi connectivity index (χ4v) is 7.37. The van der Waals surface area contributed by atoms with Gasteiger partial charge in [0.2, 0.25) is 0 Å². The molecule has 0 N–H and O–H groups in total. The van der Waals surface area contributed by atoms with Crippen LogP contribution in [0.1, 0.15) is 37.5 Å². The molecule has 5 aromatic carbocycles. The predicted molar refractivity (Wildman–Crippen MR) is 169 cm³/mol. The van der Waals surface area contributed by atoms with Crippen LogP contribution < -0.4 is 10.9 Å². The van der Waals surface area contributed by atoms with Crippen molar-refractivity contribution in [2.75, 3.05) is 0 Å². The van der Waals surface area contributed by atoms with Crippen molar-refractivity contribution in [2.45, 2.75) is 40.0 Å². The molecule has 0 atom stereocenters. The number of rotatable bonds is 1. The molecule has 0 fully saturated rings. The van der Waals surface area contributed by atoms with Gasteiger partial charge in [-0.3, -0.25) is 0 Å². The maximum Gasteiger partial charge on any atom is 0.332 e. The number of para-hydroxylation sites is 4. The molecule has 1 aliphatic rings. The van der Waals surface area contributed by atoms with E-state index in [1.807, 2.05) is 0 Å². The lowest BCUT2D eigenvalue weighted by atomic mass is 9.46. The second-order valence-corrected chi connectivity index (χ2v) is 12.3. The first-order chi connectivity index (χ1) is 18.9. The summed E-state index contributed by atoms with van der Waals surface area (Å²) in [5.74, 6) is 0. The predicted octanol–water partition coefficient (Wildman–Crippen LogP) is 7.77. The van der Waals surface area contributed by atoms with Crippen molar-refractivity contribution in [3.63, 3.8) is 0 Å². The van der Waals surface area contributed by atoms with Gasteiger partial charge in [-0.2, -0.15) is 0 Å². The molecule has 188 valence electrons. The summed E-state index contributed by atoms with van der Waals surface area (Å²) in [5, 5.41) is 5.32. The largest absolute Gasteiger partial charge is 0.375 e. The Hall–Kier alpha value is -4.24. The summed E-state index contributed by atoms with van der Waals surface area (Å²) in [4.78, 5) is 0. The van der Waals surface area contributed by atoms with Crippen LogP contribution in [-0.4, -0.2) is 15.9 Å². The number of benzene rings is 5. The van der Waals surface area contributed by atoms with Crippen LogP contribution in [0.5, 0.6) is 0 Å². The van der Waals surface area contributed by atoms with Crippen molar-refractivity contribution in [3.05, 3.63) is 114 Å². The number of fused-ring (bicyclic) bond motifs is 8. The van der Waals surface area contributed by atoms with Gasteiger partial charge >= 0.3 is 6.85 Å². The molecule has 0 bridgehead atoms. The Labute approximate surface area is 229 Å². The quantitative estimate of drug-likeness (QED) is 0.203. The fourth-order valence-electron chi connectivity index (χ4n) is 7.37. The van der Waals surface area contributed by atoms with E-state index in [1.165, 1.54) is 76.9 Å². The zero-order valence-corrected chi connectivity index (χ0v) is 23.2. The standard InChI is InChI=1S/C36H31BN2/c1-22-12-10-15-25-26-16-11-13-23(2)34(26)39(33(22)25)37-29-17-7-9-19-31(29)38-30-18-8-6-14-24(30)27-20-21-28(36(3,4)5)32(37)35(27)38/h6-21H,1-5H3. The molecule has 1 aliphatic heterocycles. The van der Waals surface area contributed by atoms with Crippen LogP contribution in [0, 0.1) is 13.8 Å². The lowest BCUT2D eigenvalue weighted by Gasteiger charge is -2.33. The van der Waals surface area contributed by atoms with Crippen LogP contribution in [0.3, 0.4) is 0 Å². The summed E-state index contributed by atoms with van der Waals surface area (Å²) in [7, 11) is 0. The minimum atomic E-state index is -0.0157. The minimum Gasteiger partial charge on any atom is -0.375 e. The Morgan fingerprint density at radius 2 is 1.15 bits per heavy atom. The van der Waals surface area contributed by atoms with Gasteiger partial charge in [0.25, 0.3) is 0 Å². The lowest BCUT2D eigenvalue weighted by molar-refractivity contribution is 0.594. The molecule has 39 heavy (non-hydrogen) atoms. The van der Waals surface area contributed by atoms with Crippen molar-refractivity contribution in [2.24, 2.45) is 0 Å². The van der Waals surface area contributed by atoms with Crippen LogP contribution in [0.25, 0.3) is 49.3 Å². The molecule has 0 aliphatic carbocycles. The number of aryl methyl sites for hydroxylation is 2. The van der Waals surface area contributed by atoms with Crippen molar-refractivity contribution < 1.29 is 0 Å². The van der Waals surface area contributed by atoms with E-state index in [-0.39, 0.29) is 12.3 Å². The Morgan fingerprint density at radius 3 is 1.85 bits per heavy atom. The van der Waals surface area contributed by atoms with E-state index in [0.717, 1.165) is 0 Å². The topological polar surface area (TPSA) is 9.86 Å². The molecule has 2 nitrogen and oxygen atoms in total. The number of hydrogen-bond donors (Lipinski definition) is 0. The first kappa shape index (κ1) is 22.7. The van der Waals surface area contributed by atoms with Gasteiger partial charge in [0.1, 0.15) is 0 Å². The van der Waals surface area contributed by atoms with Gasteiger partial charge in [-0.25, -0.2) is 0 Å². The molecular formula is C36H31BN2. The van der Waals surface area contributed by atoms with Crippen LogP contribution in [-0.2, 0) is 5.41 Å². The van der Waals surface area contributed by atoms with Crippen LogP contribution in [0.15, 0.2) is 97.1 Å². The second kappa shape index (κ2) is 7.67. The van der Waals surface area contributed by atoms with E-state index in [4.69, 9.17) is 0 Å². The van der Waals surface area contributed by atoms with Crippen molar-refractivity contribution in [1.29, 1.82) is 0 Å². The molecule has 3 heteroatoms. The molecule has 8 rings (SSSR count). The van der Waals surface area contributed by atoms with Crippen LogP contribution in [0.4, 0.5) is 0 Å². The average Bonchev–Trinajstić information content (AvgIpc) is 3.44. The third-order valence-electron chi connectivity index (χ3n) is 8.94. The maximum atomic E-state index is 2.68. The number of hydrogen-bond acceptors (Lipinski definition) is 0. The van der Waals surface area contributed by atoms with E-state index in [2.05, 4.69) is 141 Å². The van der Waals surface area contributed by atoms with E-state index < -0.39 is 0 Å². The van der Waals surface area contributed by atoms with Crippen molar-refractivity contribution in [1.82, 2.24) is 9.05 Å². The highest BCUT2D eigenvalue weighted by atomic mass is 15.0. The van der Waals surface area contributed by atoms with Gasteiger partial charge in [-0.15, -0.1) is 0 Å². The number of nitrogens with zero attached hydrogens (tertiary/aromatic N) is 2. The monoisotopic (exact) mass is 502 g/mol. The Morgan fingerprint density at radius 1 is 0.564 bits per heavy atom. The summed E-state index contributed by atoms with van der Waals surface area (Å²) >= 11 is 0. The molecule has 0 amide bonds. The zero-order valence-electron chi connectivity index (χ0n) is 23.2. The molecule has 3 heterocycles. The Bertz CT molecular complexity index is 2070. The van der Waals surface area contributed by atoms with Gasteiger partial charge in [0.15, 0.2) is 0 Å². The van der Waals surface area contributed by atoms with Gasteiger partial charge in [0, 0.05) is 38.3 Å². The molecule has 0 unspecified atom stereocenters. The lowest BCUT2D eigenvalue weighted by Crippen LogP contribution is -2.55. The maximum absolute atomic E-state index is 2.68. The summed E-state index contributed by atoms with van der Waals surface area (Å²) < 4.78 is 5.22. The molecule has 2 aromatic heterocycles. The average molecular weight is 502 g/mol. The van der Waals surface area contributed by atoms with E-state index in [1.54, 1.807) is 0 Å². The summed E-state index contributed by atoms with van der Waals surface area (Å²) in [6.45, 7) is 11.7. The normalized spacial score (nSPS) is 13.2. The molecule has 0 spiro atoms. The van der Waals surface area contributed by atoms with Crippen molar-refractivity contribution >= 4 is 61.4 Å². The molecule has 0 saturated carbocycles. The minimum absolute atomic E-state index is 0.0157. The highest BCUT2D eigenvalue weighted by molar-refractivity contribution is 6.88.